The topological polar surface area (TPSA) is 12.9 Å². The number of hydrogen-bond donors (Lipinski definition) is 0. The number of aromatic nitrogens is 1. The molecule has 0 radical (unpaired) electrons. The van der Waals surface area contributed by atoms with Gasteiger partial charge in [-0.15, -0.1) is 0 Å². The molecule has 0 saturated carbocycles. The second kappa shape index (κ2) is 2.78. The zero-order valence-corrected chi connectivity index (χ0v) is 8.03. The predicted octanol–water partition coefficient (Wildman–Crippen LogP) is 3.08. The number of nitrogens with zero attached hydrogens (tertiary/aromatic N) is 1. The molecule has 0 aliphatic heterocycles. The van der Waals surface area contributed by atoms with Gasteiger partial charge in [0.25, 0.3) is 0 Å². The number of rotatable bonds is 1. The van der Waals surface area contributed by atoms with Crippen LogP contribution in [0.1, 0.15) is 31.3 Å². The lowest BCUT2D eigenvalue weighted by atomic mass is 9.94. The molecule has 1 rings (SSSR count). The predicted molar refractivity (Wildman–Crippen MR) is 50.9 cm³/mol. The van der Waals surface area contributed by atoms with Gasteiger partial charge in [0.1, 0.15) is 0 Å². The minimum absolute atomic E-state index is 0.221. The standard InChI is InChI=1S/C9H13NS/c1-5-7-6-8(11-10-7)9(2,3)4/h5-6H,1H2,2-4H3. The van der Waals surface area contributed by atoms with Gasteiger partial charge in [-0.2, -0.15) is 4.37 Å². The maximum atomic E-state index is 4.22. The Kier molecular flexibility index (Phi) is 2.14. The molecule has 0 unspecified atom stereocenters. The molecule has 0 amide bonds. The van der Waals surface area contributed by atoms with Crippen molar-refractivity contribution >= 4 is 17.6 Å². The molecule has 2 heteroatoms. The Morgan fingerprint density at radius 1 is 1.55 bits per heavy atom. The fourth-order valence-corrected chi connectivity index (χ4v) is 1.52. The quantitative estimate of drug-likeness (QED) is 0.626. The van der Waals surface area contributed by atoms with E-state index in [4.69, 9.17) is 0 Å². The summed E-state index contributed by atoms with van der Waals surface area (Å²) in [7, 11) is 0. The molecule has 0 aliphatic rings. The van der Waals surface area contributed by atoms with Gasteiger partial charge in [-0.05, 0) is 29.1 Å². The molecule has 60 valence electrons. The van der Waals surface area contributed by atoms with Crippen LogP contribution in [0.5, 0.6) is 0 Å². The van der Waals surface area contributed by atoms with Crippen LogP contribution in [-0.4, -0.2) is 4.37 Å². The fraction of sp³-hybridized carbons (Fsp3) is 0.444. The van der Waals surface area contributed by atoms with Gasteiger partial charge in [0.15, 0.2) is 0 Å². The van der Waals surface area contributed by atoms with Crippen LogP contribution in [0.2, 0.25) is 0 Å². The Hall–Kier alpha value is -0.630. The zero-order chi connectivity index (χ0) is 8.48. The zero-order valence-electron chi connectivity index (χ0n) is 7.22. The van der Waals surface area contributed by atoms with E-state index in [1.54, 1.807) is 17.6 Å². The maximum Gasteiger partial charge on any atom is 0.0765 e. The van der Waals surface area contributed by atoms with E-state index in [0.717, 1.165) is 5.69 Å². The van der Waals surface area contributed by atoms with Crippen LogP contribution in [0.15, 0.2) is 12.6 Å². The van der Waals surface area contributed by atoms with E-state index >= 15 is 0 Å². The molecule has 0 saturated heterocycles. The van der Waals surface area contributed by atoms with E-state index in [1.165, 1.54) is 4.88 Å². The van der Waals surface area contributed by atoms with E-state index in [9.17, 15) is 0 Å². The van der Waals surface area contributed by atoms with E-state index in [2.05, 4.69) is 37.8 Å². The van der Waals surface area contributed by atoms with Gasteiger partial charge in [0, 0.05) is 4.88 Å². The Balaban J connectivity index is 2.98. The van der Waals surface area contributed by atoms with Crippen LogP contribution in [-0.2, 0) is 5.41 Å². The third kappa shape index (κ3) is 1.90. The molecule has 0 N–H and O–H groups in total. The first kappa shape index (κ1) is 8.47. The lowest BCUT2D eigenvalue weighted by Gasteiger charge is -2.13. The van der Waals surface area contributed by atoms with Crippen LogP contribution in [0, 0.1) is 0 Å². The van der Waals surface area contributed by atoms with Gasteiger partial charge < -0.3 is 0 Å². The van der Waals surface area contributed by atoms with Crippen molar-refractivity contribution in [1.82, 2.24) is 4.37 Å². The lowest BCUT2D eigenvalue weighted by molar-refractivity contribution is 0.604. The third-order valence-corrected chi connectivity index (χ3v) is 2.71. The minimum Gasteiger partial charge on any atom is -0.193 e. The summed E-state index contributed by atoms with van der Waals surface area (Å²) in [4.78, 5) is 1.31. The summed E-state index contributed by atoms with van der Waals surface area (Å²) >= 11 is 1.56. The molecule has 0 fully saturated rings. The molecule has 0 spiro atoms. The van der Waals surface area contributed by atoms with Crippen molar-refractivity contribution in [3.63, 3.8) is 0 Å². The van der Waals surface area contributed by atoms with E-state index < -0.39 is 0 Å². The highest BCUT2D eigenvalue weighted by molar-refractivity contribution is 7.06. The molecule has 11 heavy (non-hydrogen) atoms. The summed E-state index contributed by atoms with van der Waals surface area (Å²) in [6, 6.07) is 2.09. The summed E-state index contributed by atoms with van der Waals surface area (Å²) in [5.74, 6) is 0. The normalized spacial score (nSPS) is 11.5. The van der Waals surface area contributed by atoms with Crippen molar-refractivity contribution in [3.05, 3.63) is 23.2 Å². The molecule has 0 atom stereocenters. The Labute approximate surface area is 71.9 Å². The molecule has 0 aliphatic carbocycles. The average molecular weight is 167 g/mol. The van der Waals surface area contributed by atoms with E-state index in [-0.39, 0.29) is 5.41 Å². The SMILES string of the molecule is C=Cc1cc(C(C)(C)C)sn1. The highest BCUT2D eigenvalue weighted by atomic mass is 32.1. The first-order valence-electron chi connectivity index (χ1n) is 3.63. The first-order chi connectivity index (χ1) is 5.04. The van der Waals surface area contributed by atoms with E-state index in [1.807, 2.05) is 0 Å². The van der Waals surface area contributed by atoms with Crippen LogP contribution < -0.4 is 0 Å². The van der Waals surface area contributed by atoms with Crippen molar-refractivity contribution < 1.29 is 0 Å². The van der Waals surface area contributed by atoms with Crippen LogP contribution in [0.25, 0.3) is 6.08 Å². The fourth-order valence-electron chi connectivity index (χ4n) is 0.739. The summed E-state index contributed by atoms with van der Waals surface area (Å²) < 4.78 is 4.22. The van der Waals surface area contributed by atoms with Crippen molar-refractivity contribution in [3.8, 4) is 0 Å². The van der Waals surface area contributed by atoms with Gasteiger partial charge in [-0.1, -0.05) is 27.4 Å². The average Bonchev–Trinajstić information content (AvgIpc) is 2.32. The van der Waals surface area contributed by atoms with Gasteiger partial charge in [-0.3, -0.25) is 0 Å². The Bertz CT molecular complexity index is 255. The second-order valence-corrected chi connectivity index (χ2v) is 4.38. The Morgan fingerprint density at radius 2 is 2.18 bits per heavy atom. The summed E-state index contributed by atoms with van der Waals surface area (Å²) in [5.41, 5.74) is 1.21. The van der Waals surface area contributed by atoms with Gasteiger partial charge in [0.05, 0.1) is 5.69 Å². The van der Waals surface area contributed by atoms with Crippen LogP contribution in [0.4, 0.5) is 0 Å². The van der Waals surface area contributed by atoms with Crippen molar-refractivity contribution in [1.29, 1.82) is 0 Å². The second-order valence-electron chi connectivity index (χ2n) is 3.57. The third-order valence-electron chi connectivity index (χ3n) is 1.48. The highest BCUT2D eigenvalue weighted by Gasteiger charge is 2.15. The minimum atomic E-state index is 0.221. The van der Waals surface area contributed by atoms with Crippen LogP contribution >= 0.6 is 11.5 Å². The lowest BCUT2D eigenvalue weighted by Crippen LogP contribution is -2.07. The molecule has 0 bridgehead atoms. The molecule has 1 aromatic rings. The number of hydrogen-bond acceptors (Lipinski definition) is 2. The summed E-state index contributed by atoms with van der Waals surface area (Å²) in [6.45, 7) is 10.2. The van der Waals surface area contributed by atoms with Gasteiger partial charge in [-0.25, -0.2) is 0 Å². The van der Waals surface area contributed by atoms with Gasteiger partial charge >= 0.3 is 0 Å². The molecule has 1 aromatic heterocycles. The molecular weight excluding hydrogens is 154 g/mol. The molecule has 1 heterocycles. The summed E-state index contributed by atoms with van der Waals surface area (Å²) in [5, 5.41) is 0. The monoisotopic (exact) mass is 167 g/mol. The molecule has 1 nitrogen and oxygen atoms in total. The van der Waals surface area contributed by atoms with Crippen LogP contribution in [0.3, 0.4) is 0 Å². The maximum absolute atomic E-state index is 4.22. The highest BCUT2D eigenvalue weighted by Crippen LogP contribution is 2.26. The molecular formula is C9H13NS. The molecule has 0 aromatic carbocycles. The first-order valence-corrected chi connectivity index (χ1v) is 4.41. The van der Waals surface area contributed by atoms with Crippen molar-refractivity contribution in [2.45, 2.75) is 26.2 Å². The van der Waals surface area contributed by atoms with Crippen molar-refractivity contribution in [2.75, 3.05) is 0 Å². The largest absolute Gasteiger partial charge is 0.193 e. The van der Waals surface area contributed by atoms with Crippen molar-refractivity contribution in [2.24, 2.45) is 0 Å². The van der Waals surface area contributed by atoms with E-state index in [0.29, 0.717) is 0 Å². The Morgan fingerprint density at radius 3 is 2.45 bits per heavy atom. The smallest absolute Gasteiger partial charge is 0.0765 e. The summed E-state index contributed by atoms with van der Waals surface area (Å²) in [6.07, 6.45) is 1.78. The van der Waals surface area contributed by atoms with Gasteiger partial charge in [0.2, 0.25) is 0 Å².